The zero-order chi connectivity index (χ0) is 14.4. The summed E-state index contributed by atoms with van der Waals surface area (Å²) in [5.74, 6) is -0.878. The molecule has 0 amide bonds. The van der Waals surface area contributed by atoms with Gasteiger partial charge in [0.1, 0.15) is 11.9 Å². The van der Waals surface area contributed by atoms with E-state index in [2.05, 4.69) is 0 Å². The van der Waals surface area contributed by atoms with Gasteiger partial charge in [-0.05, 0) is 31.2 Å². The quantitative estimate of drug-likeness (QED) is 0.651. The second kappa shape index (κ2) is 4.40. The molecule has 0 spiro atoms. The number of benzene rings is 1. The molecule has 0 radical (unpaired) electrons. The van der Waals surface area contributed by atoms with Crippen molar-refractivity contribution in [3.8, 4) is 0 Å². The van der Waals surface area contributed by atoms with E-state index in [1.165, 1.54) is 38.1 Å². The standard InChI is InChI=1S/C13H15FN2O3/c1-8-12(10-4-6-11(14)7-5-10)16(19)13(3,9(2)17)15(8)18/h4-8,18H,1-3H3/t8-,13-/m1/s1. The number of hydrogen-bond donors (Lipinski definition) is 1. The summed E-state index contributed by atoms with van der Waals surface area (Å²) in [6.45, 7) is 4.21. The largest absolute Gasteiger partial charge is 0.622 e. The van der Waals surface area contributed by atoms with Crippen molar-refractivity contribution < 1.29 is 19.1 Å². The molecule has 0 aromatic heterocycles. The minimum atomic E-state index is -1.65. The van der Waals surface area contributed by atoms with Crippen LogP contribution < -0.4 is 0 Å². The molecule has 1 heterocycles. The van der Waals surface area contributed by atoms with Crippen molar-refractivity contribution in [2.75, 3.05) is 0 Å². The molecule has 1 aromatic carbocycles. The maximum Gasteiger partial charge on any atom is 0.307 e. The minimum Gasteiger partial charge on any atom is -0.622 e. The summed E-state index contributed by atoms with van der Waals surface area (Å²) in [4.78, 5) is 11.6. The van der Waals surface area contributed by atoms with Crippen LogP contribution in [0, 0.1) is 11.0 Å². The molecule has 102 valence electrons. The monoisotopic (exact) mass is 266 g/mol. The van der Waals surface area contributed by atoms with E-state index in [9.17, 15) is 19.6 Å². The molecule has 0 unspecified atom stereocenters. The number of rotatable bonds is 2. The third-order valence-electron chi connectivity index (χ3n) is 3.63. The molecule has 1 N–H and O–H groups in total. The van der Waals surface area contributed by atoms with Crippen molar-refractivity contribution in [2.24, 2.45) is 0 Å². The number of halogens is 1. The Morgan fingerprint density at radius 3 is 2.42 bits per heavy atom. The number of Topliss-reactive ketones (excluding diaryl/α,β-unsaturated/α-hetero) is 1. The van der Waals surface area contributed by atoms with E-state index in [1.807, 2.05) is 0 Å². The van der Waals surface area contributed by atoms with Gasteiger partial charge in [-0.25, -0.2) is 4.39 Å². The zero-order valence-electron chi connectivity index (χ0n) is 10.9. The molecule has 0 aliphatic carbocycles. The van der Waals surface area contributed by atoms with Gasteiger partial charge in [-0.15, -0.1) is 5.06 Å². The molecule has 0 saturated carbocycles. The average molecular weight is 266 g/mol. The zero-order valence-corrected chi connectivity index (χ0v) is 10.9. The molecular formula is C13H15FN2O3. The molecular weight excluding hydrogens is 251 g/mol. The lowest BCUT2D eigenvalue weighted by molar-refractivity contribution is -0.564. The molecule has 1 aliphatic heterocycles. The molecule has 0 fully saturated rings. The van der Waals surface area contributed by atoms with E-state index >= 15 is 0 Å². The molecule has 1 aromatic rings. The van der Waals surface area contributed by atoms with Crippen molar-refractivity contribution in [1.82, 2.24) is 5.06 Å². The van der Waals surface area contributed by atoms with Gasteiger partial charge in [0.15, 0.2) is 0 Å². The lowest BCUT2D eigenvalue weighted by Gasteiger charge is -2.26. The highest BCUT2D eigenvalue weighted by atomic mass is 19.1. The fourth-order valence-electron chi connectivity index (χ4n) is 2.27. The Labute approximate surface area is 110 Å². The van der Waals surface area contributed by atoms with E-state index in [0.29, 0.717) is 10.3 Å². The highest BCUT2D eigenvalue weighted by molar-refractivity contribution is 6.03. The van der Waals surface area contributed by atoms with Gasteiger partial charge in [-0.1, -0.05) is 0 Å². The molecule has 6 heteroatoms. The van der Waals surface area contributed by atoms with Gasteiger partial charge in [0.2, 0.25) is 11.5 Å². The summed E-state index contributed by atoms with van der Waals surface area (Å²) in [6, 6.07) is 4.71. The second-order valence-corrected chi connectivity index (χ2v) is 4.78. The van der Waals surface area contributed by atoms with E-state index in [1.54, 1.807) is 6.92 Å². The maximum atomic E-state index is 12.9. The van der Waals surface area contributed by atoms with Crippen molar-refractivity contribution in [2.45, 2.75) is 32.5 Å². The fourth-order valence-corrected chi connectivity index (χ4v) is 2.27. The van der Waals surface area contributed by atoms with E-state index in [0.717, 1.165) is 5.06 Å². The van der Waals surface area contributed by atoms with Crippen LogP contribution in [0.4, 0.5) is 4.39 Å². The van der Waals surface area contributed by atoms with Crippen LogP contribution in [-0.2, 0) is 4.79 Å². The number of carbonyl (C=O) groups is 1. The van der Waals surface area contributed by atoms with Crippen LogP contribution in [0.5, 0.6) is 0 Å². The fraction of sp³-hybridized carbons (Fsp3) is 0.385. The Hall–Kier alpha value is -1.79. The lowest BCUT2D eigenvalue weighted by atomic mass is 10.1. The predicted molar refractivity (Wildman–Crippen MR) is 66.3 cm³/mol. The third kappa shape index (κ3) is 1.84. The maximum absolute atomic E-state index is 12.9. The van der Waals surface area contributed by atoms with E-state index in [-0.39, 0.29) is 5.71 Å². The lowest BCUT2D eigenvalue weighted by Crippen LogP contribution is -2.53. The van der Waals surface area contributed by atoms with Crippen LogP contribution in [0.2, 0.25) is 0 Å². The van der Waals surface area contributed by atoms with Crippen molar-refractivity contribution in [3.05, 3.63) is 40.9 Å². The van der Waals surface area contributed by atoms with Crippen LogP contribution in [0.1, 0.15) is 26.3 Å². The van der Waals surface area contributed by atoms with E-state index in [4.69, 9.17) is 0 Å². The minimum absolute atomic E-state index is 0.236. The molecule has 1 aliphatic rings. The summed E-state index contributed by atoms with van der Waals surface area (Å²) in [6.07, 6.45) is 0. The van der Waals surface area contributed by atoms with Gasteiger partial charge in [0, 0.05) is 19.4 Å². The number of carbonyl (C=O) groups excluding carboxylic acids is 1. The predicted octanol–water partition coefficient (Wildman–Crippen LogP) is 1.52. The highest BCUT2D eigenvalue weighted by Gasteiger charge is 2.56. The first-order chi connectivity index (χ1) is 8.80. The van der Waals surface area contributed by atoms with Crippen LogP contribution in [-0.4, -0.2) is 38.2 Å². The van der Waals surface area contributed by atoms with Gasteiger partial charge < -0.3 is 10.4 Å². The van der Waals surface area contributed by atoms with Gasteiger partial charge in [0.05, 0.1) is 0 Å². The van der Waals surface area contributed by atoms with Crippen molar-refractivity contribution in [1.29, 1.82) is 0 Å². The Morgan fingerprint density at radius 2 is 2.00 bits per heavy atom. The summed E-state index contributed by atoms with van der Waals surface area (Å²) >= 11 is 0. The van der Waals surface area contributed by atoms with Crippen LogP contribution in [0.15, 0.2) is 24.3 Å². The Balaban J connectivity index is 2.58. The summed E-state index contributed by atoms with van der Waals surface area (Å²) < 4.78 is 13.4. The first kappa shape index (κ1) is 13.6. The van der Waals surface area contributed by atoms with Gasteiger partial charge in [0.25, 0.3) is 0 Å². The Morgan fingerprint density at radius 1 is 1.47 bits per heavy atom. The molecule has 2 atom stereocenters. The van der Waals surface area contributed by atoms with E-state index < -0.39 is 23.3 Å². The number of ketones is 1. The number of hydrogen-bond acceptors (Lipinski definition) is 4. The summed E-state index contributed by atoms with van der Waals surface area (Å²) in [5, 5.41) is 23.1. The first-order valence-corrected chi connectivity index (χ1v) is 5.89. The Kier molecular flexibility index (Phi) is 3.15. The number of nitrogens with zero attached hydrogens (tertiary/aromatic N) is 2. The highest BCUT2D eigenvalue weighted by Crippen LogP contribution is 2.28. The second-order valence-electron chi connectivity index (χ2n) is 4.78. The third-order valence-corrected chi connectivity index (χ3v) is 3.63. The first-order valence-electron chi connectivity index (χ1n) is 5.89. The van der Waals surface area contributed by atoms with Gasteiger partial charge in [-0.3, -0.25) is 4.79 Å². The summed E-state index contributed by atoms with van der Waals surface area (Å²) in [5.41, 5.74) is -0.934. The number of hydroxylamine groups is 3. The molecule has 5 nitrogen and oxygen atoms in total. The smallest absolute Gasteiger partial charge is 0.307 e. The van der Waals surface area contributed by atoms with Gasteiger partial charge in [-0.2, -0.15) is 4.74 Å². The molecule has 2 rings (SSSR count). The van der Waals surface area contributed by atoms with Crippen LogP contribution in [0.3, 0.4) is 0 Å². The van der Waals surface area contributed by atoms with Crippen molar-refractivity contribution in [3.63, 3.8) is 0 Å². The van der Waals surface area contributed by atoms with Crippen molar-refractivity contribution >= 4 is 11.5 Å². The average Bonchev–Trinajstić information content (AvgIpc) is 2.54. The molecule has 19 heavy (non-hydrogen) atoms. The summed E-state index contributed by atoms with van der Waals surface area (Å²) in [7, 11) is 0. The normalized spacial score (nSPS) is 27.9. The molecule has 0 bridgehead atoms. The topological polar surface area (TPSA) is 66.6 Å². The van der Waals surface area contributed by atoms with Crippen LogP contribution >= 0.6 is 0 Å². The Bertz CT molecular complexity index is 556. The SMILES string of the molecule is CC(=O)[C@]1(C)N(O)[C@H](C)C(c2ccc(F)cc2)=[N+]1[O-]. The van der Waals surface area contributed by atoms with Gasteiger partial charge >= 0.3 is 5.66 Å². The molecule has 0 saturated heterocycles. The van der Waals surface area contributed by atoms with Crippen LogP contribution in [0.25, 0.3) is 0 Å².